The molecule has 0 fully saturated rings. The lowest BCUT2D eigenvalue weighted by Crippen LogP contribution is -2.17. The number of rotatable bonds is 5. The van der Waals surface area contributed by atoms with E-state index in [2.05, 4.69) is 24.9 Å². The fourth-order valence-electron chi connectivity index (χ4n) is 2.56. The topological polar surface area (TPSA) is 83.8 Å². The minimum atomic E-state index is -4.97. The first kappa shape index (κ1) is 21.7. The molecule has 1 aromatic heterocycles. The summed E-state index contributed by atoms with van der Waals surface area (Å²) < 4.78 is 83.0. The van der Waals surface area contributed by atoms with Gasteiger partial charge in [-0.15, -0.1) is 31.4 Å². The van der Waals surface area contributed by atoms with Gasteiger partial charge in [0.25, 0.3) is 0 Å². The third-order valence-corrected chi connectivity index (χ3v) is 3.66. The molecule has 0 unspecified atom stereocenters. The standard InChI is InChI=1S/C19H10F6N4O2/c20-18(21,22)30-14-3-1-2-11(7-14)4-5-12-6-13(17-16(10-26)27-29-28-17)9-15(8-12)31-19(23,24)25/h1-9H,(H,27,28,29)/b5-4+. The van der Waals surface area contributed by atoms with Crippen LogP contribution >= 0.6 is 0 Å². The average Bonchev–Trinajstić information content (AvgIpc) is 3.13. The van der Waals surface area contributed by atoms with Crippen LogP contribution in [0.25, 0.3) is 23.4 Å². The second-order valence-corrected chi connectivity index (χ2v) is 5.94. The van der Waals surface area contributed by atoms with Gasteiger partial charge in [-0.1, -0.05) is 29.5 Å². The Morgan fingerprint density at radius 1 is 0.871 bits per heavy atom. The van der Waals surface area contributed by atoms with E-state index in [1.54, 1.807) is 6.07 Å². The van der Waals surface area contributed by atoms with E-state index in [0.717, 1.165) is 24.3 Å². The molecule has 0 bridgehead atoms. The lowest BCUT2D eigenvalue weighted by atomic mass is 10.0. The number of ether oxygens (including phenoxy) is 2. The number of benzene rings is 2. The van der Waals surface area contributed by atoms with Gasteiger partial charge in [-0.3, -0.25) is 0 Å². The predicted octanol–water partition coefficient (Wildman–Crippen LogP) is 5.31. The number of nitriles is 1. The summed E-state index contributed by atoms with van der Waals surface area (Å²) in [5.74, 6) is -1.03. The molecule has 12 heteroatoms. The van der Waals surface area contributed by atoms with Crippen LogP contribution in [0.4, 0.5) is 26.3 Å². The largest absolute Gasteiger partial charge is 0.573 e. The van der Waals surface area contributed by atoms with Crippen LogP contribution in [-0.4, -0.2) is 28.1 Å². The molecule has 0 saturated heterocycles. The number of alkyl halides is 6. The summed E-state index contributed by atoms with van der Waals surface area (Å²) in [5, 5.41) is 18.5. The monoisotopic (exact) mass is 440 g/mol. The fraction of sp³-hybridized carbons (Fsp3) is 0.105. The van der Waals surface area contributed by atoms with Crippen LogP contribution in [0.2, 0.25) is 0 Å². The molecule has 160 valence electrons. The average molecular weight is 440 g/mol. The van der Waals surface area contributed by atoms with E-state index in [1.165, 1.54) is 30.4 Å². The number of H-pyrrole nitrogens is 1. The highest BCUT2D eigenvalue weighted by atomic mass is 19.4. The highest BCUT2D eigenvalue weighted by molar-refractivity contribution is 5.75. The molecular weight excluding hydrogens is 430 g/mol. The maximum atomic E-state index is 12.7. The van der Waals surface area contributed by atoms with Crippen molar-refractivity contribution in [1.29, 1.82) is 5.26 Å². The Hall–Kier alpha value is -4.01. The van der Waals surface area contributed by atoms with E-state index >= 15 is 0 Å². The van der Waals surface area contributed by atoms with Crippen LogP contribution in [0, 0.1) is 11.3 Å². The van der Waals surface area contributed by atoms with Crippen LogP contribution in [0.3, 0.4) is 0 Å². The van der Waals surface area contributed by atoms with Crippen molar-refractivity contribution in [1.82, 2.24) is 15.4 Å². The number of aromatic nitrogens is 3. The van der Waals surface area contributed by atoms with E-state index in [1.807, 2.05) is 0 Å². The quantitative estimate of drug-likeness (QED) is 0.429. The number of aromatic amines is 1. The third-order valence-electron chi connectivity index (χ3n) is 3.66. The van der Waals surface area contributed by atoms with Gasteiger partial charge in [0, 0.05) is 5.56 Å². The first-order valence-corrected chi connectivity index (χ1v) is 8.29. The van der Waals surface area contributed by atoms with E-state index in [4.69, 9.17) is 5.26 Å². The third kappa shape index (κ3) is 6.23. The number of hydrogen-bond acceptors (Lipinski definition) is 5. The molecule has 0 amide bonds. The van der Waals surface area contributed by atoms with Crippen molar-refractivity contribution < 1.29 is 35.8 Å². The predicted molar refractivity (Wildman–Crippen MR) is 95.3 cm³/mol. The van der Waals surface area contributed by atoms with Crippen LogP contribution in [-0.2, 0) is 0 Å². The second-order valence-electron chi connectivity index (χ2n) is 5.94. The summed E-state index contributed by atoms with van der Waals surface area (Å²) in [7, 11) is 0. The molecule has 0 spiro atoms. The molecule has 0 atom stereocenters. The van der Waals surface area contributed by atoms with E-state index in [0.29, 0.717) is 5.56 Å². The molecule has 2 aromatic carbocycles. The Morgan fingerprint density at radius 3 is 2.19 bits per heavy atom. The molecular formula is C19H10F6N4O2. The van der Waals surface area contributed by atoms with Gasteiger partial charge >= 0.3 is 12.7 Å². The highest BCUT2D eigenvalue weighted by Gasteiger charge is 2.32. The van der Waals surface area contributed by atoms with Crippen molar-refractivity contribution in [3.8, 4) is 28.8 Å². The molecule has 0 radical (unpaired) electrons. The Balaban J connectivity index is 1.97. The molecule has 1 heterocycles. The van der Waals surface area contributed by atoms with Gasteiger partial charge in [-0.05, 0) is 41.5 Å². The molecule has 0 aliphatic heterocycles. The van der Waals surface area contributed by atoms with Crippen molar-refractivity contribution in [2.24, 2.45) is 0 Å². The molecule has 3 aromatic rings. The maximum absolute atomic E-state index is 12.7. The van der Waals surface area contributed by atoms with Gasteiger partial charge in [0.05, 0.1) is 0 Å². The van der Waals surface area contributed by atoms with Gasteiger partial charge < -0.3 is 9.47 Å². The van der Waals surface area contributed by atoms with Gasteiger partial charge in [-0.25, -0.2) is 5.10 Å². The minimum absolute atomic E-state index is 0.00495. The van der Waals surface area contributed by atoms with Crippen LogP contribution in [0.1, 0.15) is 16.8 Å². The van der Waals surface area contributed by atoms with Crippen molar-refractivity contribution in [3.63, 3.8) is 0 Å². The number of nitrogens with zero attached hydrogens (tertiary/aromatic N) is 3. The van der Waals surface area contributed by atoms with Gasteiger partial charge in [0.1, 0.15) is 23.3 Å². The zero-order valence-corrected chi connectivity index (χ0v) is 15.1. The zero-order chi connectivity index (χ0) is 22.6. The number of halogens is 6. The summed E-state index contributed by atoms with van der Waals surface area (Å²) in [6, 6.07) is 10.3. The molecule has 0 aliphatic carbocycles. The maximum Gasteiger partial charge on any atom is 0.573 e. The van der Waals surface area contributed by atoms with E-state index < -0.39 is 24.2 Å². The normalized spacial score (nSPS) is 12.0. The molecule has 0 saturated carbocycles. The van der Waals surface area contributed by atoms with E-state index in [-0.39, 0.29) is 22.5 Å². The molecule has 0 aliphatic rings. The summed E-state index contributed by atoms with van der Waals surface area (Å²) in [6.45, 7) is 0. The first-order chi connectivity index (χ1) is 14.5. The molecule has 6 nitrogen and oxygen atoms in total. The number of nitrogens with one attached hydrogen (secondary N) is 1. The van der Waals surface area contributed by atoms with Gasteiger partial charge in [0.15, 0.2) is 5.69 Å². The van der Waals surface area contributed by atoms with Crippen LogP contribution in [0.15, 0.2) is 42.5 Å². The summed E-state index contributed by atoms with van der Waals surface area (Å²) in [6.07, 6.45) is -7.11. The number of hydrogen-bond donors (Lipinski definition) is 1. The SMILES string of the molecule is N#Cc1[nH]nnc1-c1cc(/C=C/c2cccc(OC(F)(F)F)c2)cc(OC(F)(F)F)c1. The Kier molecular flexibility index (Phi) is 5.87. The van der Waals surface area contributed by atoms with Crippen LogP contribution < -0.4 is 9.47 Å². The second kappa shape index (κ2) is 8.39. The summed E-state index contributed by atoms with van der Waals surface area (Å²) in [4.78, 5) is 0. The Labute approximate surface area is 170 Å². The zero-order valence-electron chi connectivity index (χ0n) is 15.1. The van der Waals surface area contributed by atoms with E-state index in [9.17, 15) is 26.3 Å². The van der Waals surface area contributed by atoms with Crippen molar-refractivity contribution >= 4 is 12.2 Å². The Morgan fingerprint density at radius 2 is 1.52 bits per heavy atom. The first-order valence-electron chi connectivity index (χ1n) is 8.29. The lowest BCUT2D eigenvalue weighted by Gasteiger charge is -2.11. The lowest BCUT2D eigenvalue weighted by molar-refractivity contribution is -0.275. The smallest absolute Gasteiger partial charge is 0.406 e. The molecule has 31 heavy (non-hydrogen) atoms. The molecule has 1 N–H and O–H groups in total. The summed E-state index contributed by atoms with van der Waals surface area (Å²) >= 11 is 0. The fourth-order valence-corrected chi connectivity index (χ4v) is 2.56. The van der Waals surface area contributed by atoms with Crippen LogP contribution in [0.5, 0.6) is 11.5 Å². The minimum Gasteiger partial charge on any atom is -0.406 e. The molecule has 3 rings (SSSR count). The summed E-state index contributed by atoms with van der Waals surface area (Å²) in [5.41, 5.74) is 0.540. The highest BCUT2D eigenvalue weighted by Crippen LogP contribution is 2.31. The van der Waals surface area contributed by atoms with Gasteiger partial charge in [0.2, 0.25) is 0 Å². The van der Waals surface area contributed by atoms with Crippen molar-refractivity contribution in [2.75, 3.05) is 0 Å². The Bertz CT molecular complexity index is 1150. The van der Waals surface area contributed by atoms with Crippen molar-refractivity contribution in [2.45, 2.75) is 12.7 Å². The van der Waals surface area contributed by atoms with Crippen molar-refractivity contribution in [3.05, 3.63) is 59.3 Å². The van der Waals surface area contributed by atoms with Gasteiger partial charge in [-0.2, -0.15) is 5.26 Å².